The van der Waals surface area contributed by atoms with Crippen molar-refractivity contribution < 1.29 is 9.13 Å². The Morgan fingerprint density at radius 2 is 2.43 bits per heavy atom. The maximum absolute atomic E-state index is 13.7. The average Bonchev–Trinajstić information content (AvgIpc) is 3.01. The van der Waals surface area contributed by atoms with Crippen LogP contribution in [0.4, 0.5) is 4.39 Å². The summed E-state index contributed by atoms with van der Waals surface area (Å²) in [6.45, 7) is 2.60. The highest BCUT2D eigenvalue weighted by atomic mass is 19.1. The Kier molecular flexibility index (Phi) is 3.14. The number of halogens is 1. The van der Waals surface area contributed by atoms with Crippen LogP contribution in [0.3, 0.4) is 0 Å². The smallest absolute Gasteiger partial charge is 0.316 e. The van der Waals surface area contributed by atoms with Crippen molar-refractivity contribution in [2.75, 3.05) is 19.7 Å². The Morgan fingerprint density at radius 3 is 3.38 bits per heavy atom. The highest BCUT2D eigenvalue weighted by molar-refractivity contribution is 5.63. The molecule has 21 heavy (non-hydrogen) atoms. The number of fused-ring (bicyclic) bond motifs is 2. The third-order valence-electron chi connectivity index (χ3n) is 4.84. The predicted molar refractivity (Wildman–Crippen MR) is 76.5 cm³/mol. The third-order valence-corrected chi connectivity index (χ3v) is 4.84. The molecule has 0 unspecified atom stereocenters. The van der Waals surface area contributed by atoms with Gasteiger partial charge in [0.05, 0.1) is 17.8 Å². The van der Waals surface area contributed by atoms with Gasteiger partial charge in [-0.25, -0.2) is 9.37 Å². The maximum atomic E-state index is 13.7. The van der Waals surface area contributed by atoms with E-state index in [0.29, 0.717) is 32.1 Å². The van der Waals surface area contributed by atoms with Gasteiger partial charge in [-0.3, -0.25) is 9.89 Å². The molecule has 0 saturated carbocycles. The van der Waals surface area contributed by atoms with Crippen molar-refractivity contribution in [1.82, 2.24) is 14.9 Å². The van der Waals surface area contributed by atoms with Crippen LogP contribution in [0.5, 0.6) is 6.01 Å². The van der Waals surface area contributed by atoms with Crippen molar-refractivity contribution in [3.05, 3.63) is 17.5 Å². The van der Waals surface area contributed by atoms with Gasteiger partial charge in [-0.1, -0.05) is 0 Å². The van der Waals surface area contributed by atoms with Gasteiger partial charge in [0.2, 0.25) is 0 Å². The molecule has 0 bridgehead atoms. The molecule has 3 aliphatic heterocycles. The lowest BCUT2D eigenvalue weighted by Gasteiger charge is -2.30. The summed E-state index contributed by atoms with van der Waals surface area (Å²) in [6.07, 6.45) is 6.46. The van der Waals surface area contributed by atoms with E-state index in [0.717, 1.165) is 37.1 Å². The van der Waals surface area contributed by atoms with Crippen LogP contribution >= 0.6 is 0 Å². The van der Waals surface area contributed by atoms with E-state index < -0.39 is 6.17 Å². The molecule has 112 valence electrons. The first-order valence-corrected chi connectivity index (χ1v) is 7.60. The number of aliphatic imine (C=N–C) groups is 1. The average molecular weight is 290 g/mol. The van der Waals surface area contributed by atoms with E-state index in [1.54, 1.807) is 0 Å². The second-order valence-corrected chi connectivity index (χ2v) is 6.22. The molecular formula is C15H19FN4O. The zero-order chi connectivity index (χ0) is 14.3. The fourth-order valence-corrected chi connectivity index (χ4v) is 3.76. The van der Waals surface area contributed by atoms with Gasteiger partial charge in [0.1, 0.15) is 12.8 Å². The zero-order valence-corrected chi connectivity index (χ0v) is 12.0. The molecule has 0 aromatic carbocycles. The van der Waals surface area contributed by atoms with Gasteiger partial charge in [0.15, 0.2) is 0 Å². The Bertz CT molecular complexity index is 579. The minimum absolute atomic E-state index is 0.142. The fraction of sp³-hybridized carbons (Fsp3) is 0.667. The van der Waals surface area contributed by atoms with Gasteiger partial charge < -0.3 is 4.74 Å². The molecule has 5 nitrogen and oxygen atoms in total. The monoisotopic (exact) mass is 290 g/mol. The molecule has 1 aromatic rings. The normalized spacial score (nSPS) is 31.2. The summed E-state index contributed by atoms with van der Waals surface area (Å²) in [6, 6.07) is 0.398. The SMILES string of the molecule is F[C@H]1CN2CCC[C@@]2(COc2ncc3c(n2)CN=CC3)C1. The van der Waals surface area contributed by atoms with Gasteiger partial charge in [-0.05, 0) is 24.9 Å². The molecule has 2 fully saturated rings. The summed E-state index contributed by atoms with van der Waals surface area (Å²) in [5.74, 6) is 0. The van der Waals surface area contributed by atoms with Crippen molar-refractivity contribution in [3.8, 4) is 6.01 Å². The van der Waals surface area contributed by atoms with Crippen molar-refractivity contribution in [2.45, 2.75) is 43.9 Å². The van der Waals surface area contributed by atoms with E-state index in [2.05, 4.69) is 19.9 Å². The van der Waals surface area contributed by atoms with Crippen LogP contribution < -0.4 is 4.74 Å². The van der Waals surface area contributed by atoms with E-state index in [1.807, 2.05) is 12.4 Å². The molecule has 3 aliphatic rings. The van der Waals surface area contributed by atoms with E-state index in [4.69, 9.17) is 4.74 Å². The van der Waals surface area contributed by atoms with Crippen molar-refractivity contribution >= 4 is 6.21 Å². The van der Waals surface area contributed by atoms with E-state index in [9.17, 15) is 4.39 Å². The Morgan fingerprint density at radius 1 is 1.48 bits per heavy atom. The number of rotatable bonds is 3. The summed E-state index contributed by atoms with van der Waals surface area (Å²) in [7, 11) is 0. The lowest BCUT2D eigenvalue weighted by Crippen LogP contribution is -2.43. The number of alkyl halides is 1. The number of aromatic nitrogens is 2. The zero-order valence-electron chi connectivity index (χ0n) is 12.0. The van der Waals surface area contributed by atoms with Crippen LogP contribution in [0, 0.1) is 0 Å². The first-order chi connectivity index (χ1) is 10.3. The first-order valence-electron chi connectivity index (χ1n) is 7.60. The minimum Gasteiger partial charge on any atom is -0.461 e. The number of hydrogen-bond donors (Lipinski definition) is 0. The van der Waals surface area contributed by atoms with E-state index in [-0.39, 0.29) is 5.54 Å². The molecule has 0 radical (unpaired) electrons. The molecule has 0 spiro atoms. The van der Waals surface area contributed by atoms with Crippen LogP contribution in [0.15, 0.2) is 11.2 Å². The van der Waals surface area contributed by atoms with Gasteiger partial charge in [0.25, 0.3) is 0 Å². The minimum atomic E-state index is -0.729. The largest absolute Gasteiger partial charge is 0.461 e. The quantitative estimate of drug-likeness (QED) is 0.847. The third kappa shape index (κ3) is 2.31. The van der Waals surface area contributed by atoms with Gasteiger partial charge in [-0.15, -0.1) is 0 Å². The second-order valence-electron chi connectivity index (χ2n) is 6.22. The predicted octanol–water partition coefficient (Wildman–Crippen LogP) is 1.56. The number of hydrogen-bond acceptors (Lipinski definition) is 5. The number of nitrogens with zero attached hydrogens (tertiary/aromatic N) is 4. The van der Waals surface area contributed by atoms with Crippen molar-refractivity contribution in [2.24, 2.45) is 4.99 Å². The molecular weight excluding hydrogens is 271 g/mol. The van der Waals surface area contributed by atoms with Crippen LogP contribution in [0.1, 0.15) is 30.5 Å². The van der Waals surface area contributed by atoms with Crippen LogP contribution in [0.25, 0.3) is 0 Å². The molecule has 0 N–H and O–H groups in total. The number of ether oxygens (including phenoxy) is 1. The van der Waals surface area contributed by atoms with E-state index in [1.165, 1.54) is 0 Å². The molecule has 1 aromatic heterocycles. The lowest BCUT2D eigenvalue weighted by atomic mass is 9.95. The van der Waals surface area contributed by atoms with Gasteiger partial charge in [0, 0.05) is 31.8 Å². The summed E-state index contributed by atoms with van der Waals surface area (Å²) in [5, 5.41) is 0. The Labute approximate surface area is 123 Å². The van der Waals surface area contributed by atoms with Crippen LogP contribution in [-0.4, -0.2) is 52.5 Å². The maximum Gasteiger partial charge on any atom is 0.316 e. The van der Waals surface area contributed by atoms with Crippen molar-refractivity contribution in [3.63, 3.8) is 0 Å². The Hall–Kier alpha value is -1.56. The molecule has 4 heterocycles. The molecule has 2 saturated heterocycles. The second kappa shape index (κ2) is 5.02. The highest BCUT2D eigenvalue weighted by Gasteiger charge is 2.49. The lowest BCUT2D eigenvalue weighted by molar-refractivity contribution is 0.107. The van der Waals surface area contributed by atoms with Crippen LogP contribution in [0.2, 0.25) is 0 Å². The molecule has 2 atom stereocenters. The highest BCUT2D eigenvalue weighted by Crippen LogP contribution is 2.40. The summed E-state index contributed by atoms with van der Waals surface area (Å²) in [4.78, 5) is 15.2. The van der Waals surface area contributed by atoms with Gasteiger partial charge >= 0.3 is 6.01 Å². The molecule has 4 rings (SSSR count). The first kappa shape index (κ1) is 13.1. The molecule has 0 aliphatic carbocycles. The summed E-state index contributed by atoms with van der Waals surface area (Å²) < 4.78 is 19.5. The standard InChI is InChI=1S/C15H19FN4O/c16-12-6-15(3-1-5-20(15)9-12)10-21-14-18-7-11-2-4-17-8-13(11)19-14/h4,7,12H,1-3,5-6,8-10H2/t12-,15+/m1/s1. The summed E-state index contributed by atoms with van der Waals surface area (Å²) >= 11 is 0. The molecule has 6 heteroatoms. The van der Waals surface area contributed by atoms with Crippen molar-refractivity contribution in [1.29, 1.82) is 0 Å². The topological polar surface area (TPSA) is 50.6 Å². The molecule has 0 amide bonds. The van der Waals surface area contributed by atoms with E-state index >= 15 is 0 Å². The Balaban J connectivity index is 1.47. The summed E-state index contributed by atoms with van der Waals surface area (Å²) in [5.41, 5.74) is 1.91. The van der Waals surface area contributed by atoms with Crippen LogP contribution in [-0.2, 0) is 13.0 Å². The van der Waals surface area contributed by atoms with Gasteiger partial charge in [-0.2, -0.15) is 4.98 Å². The fourth-order valence-electron chi connectivity index (χ4n) is 3.76.